The van der Waals surface area contributed by atoms with Crippen LogP contribution in [0.4, 0.5) is 0 Å². The molecule has 0 aromatic heterocycles. The van der Waals surface area contributed by atoms with Gasteiger partial charge in [-0.05, 0) is 6.42 Å². The Bertz CT molecular complexity index is 1060. The summed E-state index contributed by atoms with van der Waals surface area (Å²) >= 11 is 1.30. The van der Waals surface area contributed by atoms with Crippen LogP contribution in [-0.4, -0.2) is 4.21 Å². The van der Waals surface area contributed by atoms with Crippen LogP contribution in [0.15, 0.2) is 109 Å². The summed E-state index contributed by atoms with van der Waals surface area (Å²) in [7, 11) is 0. The van der Waals surface area contributed by atoms with Gasteiger partial charge in [-0.3, -0.25) is 6.08 Å². The van der Waals surface area contributed by atoms with E-state index in [-0.39, 0.29) is 24.8 Å². The Morgan fingerprint density at radius 3 is 1.69 bits per heavy atom. The van der Waals surface area contributed by atoms with Crippen LogP contribution in [0, 0.1) is 38.1 Å². The molecule has 0 saturated heterocycles. The predicted octanol–water partition coefficient (Wildman–Crippen LogP) is 8.76. The molecular weight excluding hydrogens is 558 g/mol. The molecule has 0 fully saturated rings. The fraction of sp³-hybridized carbons (Fsp3) is 0.121. The molecule has 36 heavy (non-hydrogen) atoms. The van der Waals surface area contributed by atoms with Crippen molar-refractivity contribution in [3.05, 3.63) is 156 Å². The summed E-state index contributed by atoms with van der Waals surface area (Å²) in [5.74, 6) is 0. The molecule has 2 aliphatic rings. The largest absolute Gasteiger partial charge is 0.179 e. The fourth-order valence-corrected chi connectivity index (χ4v) is 3.28. The average molecular weight is 591 g/mol. The van der Waals surface area contributed by atoms with Crippen LogP contribution in [0.5, 0.6) is 0 Å². The van der Waals surface area contributed by atoms with E-state index < -0.39 is 0 Å². The van der Waals surface area contributed by atoms with Gasteiger partial charge in [0.1, 0.15) is 0 Å². The van der Waals surface area contributed by atoms with Crippen molar-refractivity contribution in [2.75, 3.05) is 0 Å². The summed E-state index contributed by atoms with van der Waals surface area (Å²) < 4.78 is 3.34. The molecular formula is C33H32Cl2Zr-4. The van der Waals surface area contributed by atoms with E-state index in [1.54, 1.807) is 0 Å². The topological polar surface area (TPSA) is 0 Å². The van der Waals surface area contributed by atoms with Gasteiger partial charge in [-0.1, -0.05) is 49.2 Å². The molecule has 0 amide bonds. The SMILES string of the molecule is Cc1cc[c-]cc1.Cc1cc[c-]cc1.Cl.Cl.[C-]1=CC=CC1.[CH2]=[Zr].[c-]1cccc2c1Cc1ccccc1-2. The van der Waals surface area contributed by atoms with Crippen LogP contribution in [0.1, 0.15) is 28.7 Å². The first kappa shape index (κ1) is 33.7. The standard InChI is InChI=1S/C13H9.2C7H7.C5H5.CH2.2ClH.Zr/c1-3-7-12-10(5-1)9-11-6-2-4-8-13(11)12;2*1-7-5-3-2-4-6-7;1-2-4-5-3-1;;;;/h1-5,7-8H,9H2;2*3-6H,1H3;1-3H,4H2;1H2;2*1H;/q4*-1;;;;. The molecule has 186 valence electrons. The minimum atomic E-state index is 0. The van der Waals surface area contributed by atoms with Crippen molar-refractivity contribution in [1.82, 2.24) is 0 Å². The molecule has 0 saturated carbocycles. The van der Waals surface area contributed by atoms with Crippen LogP contribution < -0.4 is 0 Å². The second kappa shape index (κ2) is 20.8. The van der Waals surface area contributed by atoms with Gasteiger partial charge in [-0.25, -0.2) is 12.2 Å². The van der Waals surface area contributed by atoms with Crippen molar-refractivity contribution in [2.24, 2.45) is 0 Å². The van der Waals surface area contributed by atoms with Crippen LogP contribution in [-0.2, 0) is 30.7 Å². The van der Waals surface area contributed by atoms with E-state index in [4.69, 9.17) is 0 Å². The molecule has 0 radical (unpaired) electrons. The van der Waals surface area contributed by atoms with Gasteiger partial charge in [-0.15, -0.1) is 36.8 Å². The van der Waals surface area contributed by atoms with Gasteiger partial charge in [0.25, 0.3) is 0 Å². The second-order valence-electron chi connectivity index (χ2n) is 7.55. The van der Waals surface area contributed by atoms with Crippen LogP contribution >= 0.6 is 24.8 Å². The summed E-state index contributed by atoms with van der Waals surface area (Å²) in [6, 6.07) is 39.7. The zero-order valence-corrected chi connectivity index (χ0v) is 24.9. The first-order valence-corrected chi connectivity index (χ1v) is 13.0. The van der Waals surface area contributed by atoms with Gasteiger partial charge in [0.2, 0.25) is 0 Å². The summed E-state index contributed by atoms with van der Waals surface area (Å²) in [5.41, 5.74) is 8.09. The summed E-state index contributed by atoms with van der Waals surface area (Å²) in [4.78, 5) is 0. The quantitative estimate of drug-likeness (QED) is 0.158. The number of benzene rings is 4. The smallest absolute Gasteiger partial charge is 0.0253 e. The molecule has 3 heteroatoms. The van der Waals surface area contributed by atoms with Crippen LogP contribution in [0.25, 0.3) is 11.1 Å². The molecule has 6 rings (SSSR count). The normalized spacial score (nSPS) is 10.4. The van der Waals surface area contributed by atoms with Crippen molar-refractivity contribution in [3.63, 3.8) is 0 Å². The predicted molar refractivity (Wildman–Crippen MR) is 157 cm³/mol. The Labute approximate surface area is 245 Å². The molecule has 0 aliphatic heterocycles. The molecule has 0 nitrogen and oxygen atoms in total. The van der Waals surface area contributed by atoms with E-state index in [1.165, 1.54) is 57.6 Å². The first-order valence-electron chi connectivity index (χ1n) is 11.2. The molecule has 0 heterocycles. The minimum absolute atomic E-state index is 0. The number of halogens is 2. The van der Waals surface area contributed by atoms with Crippen molar-refractivity contribution in [2.45, 2.75) is 26.7 Å². The Kier molecular flexibility index (Phi) is 19.5. The first-order chi connectivity index (χ1) is 16.7. The van der Waals surface area contributed by atoms with Gasteiger partial charge in [-0.2, -0.15) is 108 Å². The Morgan fingerprint density at radius 1 is 0.694 bits per heavy atom. The Morgan fingerprint density at radius 2 is 1.25 bits per heavy atom. The fourth-order valence-electron chi connectivity index (χ4n) is 3.28. The molecule has 0 spiro atoms. The van der Waals surface area contributed by atoms with Gasteiger partial charge >= 0.3 is 28.4 Å². The van der Waals surface area contributed by atoms with Crippen LogP contribution in [0.2, 0.25) is 0 Å². The monoisotopic (exact) mass is 588 g/mol. The van der Waals surface area contributed by atoms with Crippen molar-refractivity contribution >= 4 is 29.0 Å². The zero-order chi connectivity index (χ0) is 24.4. The Hall–Kier alpha value is -2.31. The number of hydrogen-bond donors (Lipinski definition) is 0. The van der Waals surface area contributed by atoms with E-state index in [2.05, 4.69) is 84.8 Å². The van der Waals surface area contributed by atoms with Crippen molar-refractivity contribution in [1.29, 1.82) is 0 Å². The molecule has 4 aromatic rings. The second-order valence-corrected chi connectivity index (χ2v) is 7.55. The van der Waals surface area contributed by atoms with Crippen molar-refractivity contribution in [3.8, 4) is 11.1 Å². The number of allylic oxidation sites excluding steroid dienone is 4. The van der Waals surface area contributed by atoms with E-state index in [0.29, 0.717) is 0 Å². The third kappa shape index (κ3) is 12.6. The molecule has 0 atom stereocenters. The van der Waals surface area contributed by atoms with Gasteiger partial charge in [0.05, 0.1) is 0 Å². The van der Waals surface area contributed by atoms with Gasteiger partial charge in [0, 0.05) is 0 Å². The number of rotatable bonds is 0. The summed E-state index contributed by atoms with van der Waals surface area (Å²) in [6.07, 6.45) is 11.0. The number of fused-ring (bicyclic) bond motifs is 3. The molecule has 0 bridgehead atoms. The maximum absolute atomic E-state index is 3.34. The molecule has 0 unspecified atom stereocenters. The Balaban J connectivity index is 0.000000464. The van der Waals surface area contributed by atoms with Gasteiger partial charge < -0.3 is 0 Å². The third-order valence-electron chi connectivity index (χ3n) is 4.97. The summed E-state index contributed by atoms with van der Waals surface area (Å²) in [6.45, 7) is 4.13. The minimum Gasteiger partial charge on any atom is -0.179 e. The van der Waals surface area contributed by atoms with Gasteiger partial charge in [0.15, 0.2) is 0 Å². The zero-order valence-electron chi connectivity index (χ0n) is 20.8. The molecule has 4 aromatic carbocycles. The number of hydrogen-bond acceptors (Lipinski definition) is 0. The van der Waals surface area contributed by atoms with E-state index in [1.807, 2.05) is 66.7 Å². The van der Waals surface area contributed by atoms with Crippen molar-refractivity contribution < 1.29 is 24.2 Å². The van der Waals surface area contributed by atoms with E-state index in [9.17, 15) is 0 Å². The molecule has 0 N–H and O–H groups in total. The van der Waals surface area contributed by atoms with E-state index >= 15 is 0 Å². The number of aryl methyl sites for hydroxylation is 2. The maximum Gasteiger partial charge on any atom is -0.0253 e. The maximum atomic E-state index is 3.34. The third-order valence-corrected chi connectivity index (χ3v) is 4.97. The van der Waals surface area contributed by atoms with E-state index in [0.717, 1.165) is 12.8 Å². The summed E-state index contributed by atoms with van der Waals surface area (Å²) in [5, 5.41) is 0. The van der Waals surface area contributed by atoms with Crippen LogP contribution in [0.3, 0.4) is 0 Å². The average Bonchev–Trinajstić information content (AvgIpc) is 3.59. The molecule has 2 aliphatic carbocycles.